The van der Waals surface area contributed by atoms with Crippen LogP contribution in [-0.4, -0.2) is 9.52 Å². The first-order valence-electron chi connectivity index (χ1n) is 15.4. The molecule has 1 heterocycles. The molecule has 220 valence electrons. The van der Waals surface area contributed by atoms with E-state index in [-0.39, 0.29) is 0 Å². The molecule has 0 aromatic heterocycles. The van der Waals surface area contributed by atoms with Crippen LogP contribution in [0.2, 0.25) is 0 Å². The van der Waals surface area contributed by atoms with E-state index in [1.165, 1.54) is 72.1 Å². The Labute approximate surface area is 281 Å². The fourth-order valence-corrected chi connectivity index (χ4v) is 7.12. The van der Waals surface area contributed by atoms with E-state index in [1.807, 2.05) is 6.07 Å². The zero-order valence-electron chi connectivity index (χ0n) is 26.5. The van der Waals surface area contributed by atoms with Crippen LogP contribution in [0.3, 0.4) is 0 Å². The maximum Gasteiger partial charge on any atom is 0.0920 e. The van der Waals surface area contributed by atoms with Crippen LogP contribution in [0.4, 0.5) is 0 Å². The van der Waals surface area contributed by atoms with Gasteiger partial charge in [-0.05, 0) is 40.9 Å². The van der Waals surface area contributed by atoms with Gasteiger partial charge in [0.1, 0.15) is 0 Å². The van der Waals surface area contributed by atoms with Gasteiger partial charge in [0.15, 0.2) is 0 Å². The molecule has 0 unspecified atom stereocenters. The average molecular weight is 701 g/mol. The molecule has 0 bridgehead atoms. The van der Waals surface area contributed by atoms with Crippen molar-refractivity contribution >= 4 is 47.7 Å². The summed E-state index contributed by atoms with van der Waals surface area (Å²) in [5, 5.41) is 5.64. The molecule has 0 saturated carbocycles. The first-order chi connectivity index (χ1) is 20.7. The van der Waals surface area contributed by atoms with Crippen LogP contribution in [-0.2, 0) is 27.3 Å². The first-order valence-corrected chi connectivity index (χ1v) is 22.7. The van der Waals surface area contributed by atoms with Gasteiger partial charge < -0.3 is 0 Å². The Kier molecular flexibility index (Phi) is 12.6. The normalized spacial score (nSPS) is 11.5. The van der Waals surface area contributed by atoms with Crippen molar-refractivity contribution in [1.29, 1.82) is 0 Å². The molecule has 1 aliphatic rings. The number of fused-ring (bicyclic) bond motifs is 4. The SMILES string of the molecule is CCCc1cc2c(-c3cc(C(C)C)cc(C(C)C)c3)c(C(C)C)ccc2[cH-]1.[Cl][Zr+2][Cl].[c-]1cccc2c1[Si]c1ccccc1-2. The van der Waals surface area contributed by atoms with Crippen molar-refractivity contribution in [2.75, 3.05) is 0 Å². The quantitative estimate of drug-likeness (QED) is 0.120. The Bertz CT molecular complexity index is 1580. The molecular formula is C39H42Cl2SiZr. The Morgan fingerprint density at radius 1 is 0.791 bits per heavy atom. The maximum atomic E-state index is 4.93. The Morgan fingerprint density at radius 2 is 1.44 bits per heavy atom. The van der Waals surface area contributed by atoms with Gasteiger partial charge in [-0.1, -0.05) is 119 Å². The van der Waals surface area contributed by atoms with Crippen molar-refractivity contribution in [3.8, 4) is 22.3 Å². The van der Waals surface area contributed by atoms with Gasteiger partial charge in [0.25, 0.3) is 0 Å². The largest absolute Gasteiger partial charge is 0.184 e. The summed E-state index contributed by atoms with van der Waals surface area (Å²) in [6.45, 7) is 16.1. The summed E-state index contributed by atoms with van der Waals surface area (Å²) in [5.41, 5.74) is 11.4. The van der Waals surface area contributed by atoms with E-state index in [2.05, 4.69) is 133 Å². The summed E-state index contributed by atoms with van der Waals surface area (Å²) in [6.07, 6.45) is 2.36. The van der Waals surface area contributed by atoms with E-state index in [0.717, 1.165) is 15.9 Å². The molecule has 5 aromatic carbocycles. The van der Waals surface area contributed by atoms with Crippen LogP contribution in [0.25, 0.3) is 33.0 Å². The average Bonchev–Trinajstić information content (AvgIpc) is 3.58. The van der Waals surface area contributed by atoms with Crippen molar-refractivity contribution < 1.29 is 20.8 Å². The standard InChI is InChI=1S/C27H35.C12H7Si.2ClH.Zr/c1-8-9-20-12-21-10-11-25(19(6)7)27(26(21)13-20)24-15-22(17(2)3)14-23(16-24)18(4)5;1-3-7-11-9(5-1)10-6-2-4-8-12(10)13-11;;;/h10-19H,8-9H2,1-7H3;1-7H;2*1H;/q2*-1;;;+4/p-2. The summed E-state index contributed by atoms with van der Waals surface area (Å²) >= 11 is -0.826. The fourth-order valence-electron chi connectivity index (χ4n) is 5.81. The predicted molar refractivity (Wildman–Crippen MR) is 189 cm³/mol. The van der Waals surface area contributed by atoms with Crippen LogP contribution in [0, 0.1) is 6.07 Å². The summed E-state index contributed by atoms with van der Waals surface area (Å²) in [4.78, 5) is 0. The van der Waals surface area contributed by atoms with Crippen molar-refractivity contribution in [2.45, 2.75) is 79.1 Å². The minimum atomic E-state index is -0.826. The van der Waals surface area contributed by atoms with Gasteiger partial charge in [-0.25, -0.2) is 0 Å². The van der Waals surface area contributed by atoms with E-state index in [9.17, 15) is 0 Å². The van der Waals surface area contributed by atoms with Crippen LogP contribution in [0.15, 0.2) is 84.9 Å². The second-order valence-corrected chi connectivity index (χ2v) is 17.2. The summed E-state index contributed by atoms with van der Waals surface area (Å²) in [5.74, 6) is 1.60. The van der Waals surface area contributed by atoms with Gasteiger partial charge in [0.2, 0.25) is 0 Å². The van der Waals surface area contributed by atoms with Gasteiger partial charge in [-0.3, -0.25) is 0 Å². The van der Waals surface area contributed by atoms with E-state index in [4.69, 9.17) is 17.0 Å². The minimum absolute atomic E-state index is 0.513. The fraction of sp³-hybridized carbons (Fsp3) is 0.308. The number of aryl methyl sites for hydroxylation is 1. The van der Waals surface area contributed by atoms with Crippen LogP contribution in [0.1, 0.15) is 94.9 Å². The molecular weight excluding hydrogens is 659 g/mol. The zero-order valence-corrected chi connectivity index (χ0v) is 31.5. The van der Waals surface area contributed by atoms with Gasteiger partial charge >= 0.3 is 37.9 Å². The predicted octanol–water partition coefficient (Wildman–Crippen LogP) is 11.0. The van der Waals surface area contributed by atoms with E-state index in [1.54, 1.807) is 0 Å². The zero-order chi connectivity index (χ0) is 31.1. The van der Waals surface area contributed by atoms with Crippen molar-refractivity contribution in [1.82, 2.24) is 0 Å². The number of halogens is 2. The van der Waals surface area contributed by atoms with Gasteiger partial charge in [0.05, 0.1) is 9.52 Å². The molecule has 6 rings (SSSR count). The minimum Gasteiger partial charge on any atom is -0.184 e. The third-order valence-electron chi connectivity index (χ3n) is 8.08. The topological polar surface area (TPSA) is 0 Å². The Hall–Kier alpha value is -1.83. The van der Waals surface area contributed by atoms with E-state index in [0.29, 0.717) is 17.8 Å². The molecule has 5 aromatic rings. The maximum absolute atomic E-state index is 4.93. The molecule has 0 fully saturated rings. The van der Waals surface area contributed by atoms with Crippen molar-refractivity contribution in [3.05, 3.63) is 113 Å². The van der Waals surface area contributed by atoms with Crippen LogP contribution >= 0.6 is 17.0 Å². The van der Waals surface area contributed by atoms with E-state index < -0.39 is 20.8 Å². The molecule has 0 nitrogen and oxygen atoms in total. The molecule has 0 saturated heterocycles. The third kappa shape index (κ3) is 8.26. The summed E-state index contributed by atoms with van der Waals surface area (Å²) in [7, 11) is 10.7. The molecule has 4 heteroatoms. The number of hydrogen-bond acceptors (Lipinski definition) is 0. The second-order valence-electron chi connectivity index (χ2n) is 12.2. The van der Waals surface area contributed by atoms with Crippen molar-refractivity contribution in [3.63, 3.8) is 0 Å². The van der Waals surface area contributed by atoms with Gasteiger partial charge in [0, 0.05) is 0 Å². The molecule has 0 aliphatic carbocycles. The molecule has 0 atom stereocenters. The number of rotatable bonds is 6. The van der Waals surface area contributed by atoms with Crippen LogP contribution in [0.5, 0.6) is 0 Å². The molecule has 1 aliphatic heterocycles. The molecule has 2 radical (unpaired) electrons. The molecule has 0 N–H and O–H groups in total. The third-order valence-corrected chi connectivity index (χ3v) is 9.44. The summed E-state index contributed by atoms with van der Waals surface area (Å²) < 4.78 is 0. The Morgan fingerprint density at radius 3 is 2.07 bits per heavy atom. The number of benzene rings is 4. The molecule has 0 amide bonds. The monoisotopic (exact) mass is 698 g/mol. The second kappa shape index (κ2) is 15.9. The molecule has 43 heavy (non-hydrogen) atoms. The van der Waals surface area contributed by atoms with Crippen molar-refractivity contribution in [2.24, 2.45) is 0 Å². The Balaban J connectivity index is 0.000000217. The summed E-state index contributed by atoms with van der Waals surface area (Å²) in [6, 6.07) is 35.0. The number of hydrogen-bond donors (Lipinski definition) is 0. The first kappa shape index (κ1) is 34.1. The van der Waals surface area contributed by atoms with Gasteiger partial charge in [-0.2, -0.15) is 35.5 Å². The van der Waals surface area contributed by atoms with Crippen LogP contribution < -0.4 is 10.4 Å². The van der Waals surface area contributed by atoms with Gasteiger partial charge in [-0.15, -0.1) is 40.1 Å². The smallest absolute Gasteiger partial charge is 0.0920 e. The molecule has 0 spiro atoms. The van der Waals surface area contributed by atoms with E-state index >= 15 is 0 Å².